The molecule has 0 unspecified atom stereocenters. The fourth-order valence-corrected chi connectivity index (χ4v) is 3.35. The van der Waals surface area contributed by atoms with Crippen molar-refractivity contribution in [2.75, 3.05) is 20.3 Å². The van der Waals surface area contributed by atoms with Crippen molar-refractivity contribution < 1.29 is 23.9 Å². The lowest BCUT2D eigenvalue weighted by Crippen LogP contribution is -2.30. The number of hydrogen-bond donors (Lipinski definition) is 0. The van der Waals surface area contributed by atoms with Gasteiger partial charge in [0.05, 0.1) is 34.9 Å². The molecule has 0 fully saturated rings. The summed E-state index contributed by atoms with van der Waals surface area (Å²) in [6, 6.07) is 11.8. The monoisotopic (exact) mass is 431 g/mol. The van der Waals surface area contributed by atoms with E-state index in [0.717, 1.165) is 0 Å². The van der Waals surface area contributed by atoms with Crippen LogP contribution in [-0.2, 0) is 4.74 Å². The second kappa shape index (κ2) is 8.35. The van der Waals surface area contributed by atoms with E-state index in [1.54, 1.807) is 42.5 Å². The summed E-state index contributed by atoms with van der Waals surface area (Å²) in [5.41, 5.74) is 1.36. The average Bonchev–Trinajstić information content (AvgIpc) is 2.93. The molecule has 0 aliphatic carbocycles. The second-order valence-electron chi connectivity index (χ2n) is 6.00. The summed E-state index contributed by atoms with van der Waals surface area (Å²) < 4.78 is 11.0. The average molecular weight is 432 g/mol. The topological polar surface area (TPSA) is 72.9 Å². The number of methoxy groups -OCH3 is 1. The summed E-state index contributed by atoms with van der Waals surface area (Å²) >= 11 is 3.37. The first-order chi connectivity index (χ1) is 13.0. The predicted molar refractivity (Wildman–Crippen MR) is 102 cm³/mol. The Morgan fingerprint density at radius 2 is 1.70 bits per heavy atom. The Morgan fingerprint density at radius 3 is 2.30 bits per heavy atom. The molecule has 7 heteroatoms. The lowest BCUT2D eigenvalue weighted by atomic mass is 10.1. The maximum absolute atomic E-state index is 12.3. The molecule has 0 bridgehead atoms. The van der Waals surface area contributed by atoms with Gasteiger partial charge < -0.3 is 9.47 Å². The van der Waals surface area contributed by atoms with Gasteiger partial charge in [-0.25, -0.2) is 4.79 Å². The summed E-state index contributed by atoms with van der Waals surface area (Å²) in [5, 5.41) is 0. The third-order valence-corrected chi connectivity index (χ3v) is 4.88. The number of amides is 2. The van der Waals surface area contributed by atoms with Crippen LogP contribution in [0.1, 0.15) is 43.9 Å². The number of nitrogens with zero attached hydrogens (tertiary/aromatic N) is 1. The molecule has 3 rings (SSSR count). The number of fused-ring (bicyclic) bond motifs is 1. The quantitative estimate of drug-likeness (QED) is 0.379. The number of imide groups is 1. The number of benzene rings is 2. The van der Waals surface area contributed by atoms with Gasteiger partial charge >= 0.3 is 5.97 Å². The van der Waals surface area contributed by atoms with E-state index in [2.05, 4.69) is 20.7 Å². The van der Waals surface area contributed by atoms with Gasteiger partial charge in [0.2, 0.25) is 0 Å². The highest BCUT2D eigenvalue weighted by molar-refractivity contribution is 9.10. The van der Waals surface area contributed by atoms with Gasteiger partial charge in [0, 0.05) is 6.54 Å². The smallest absolute Gasteiger partial charge is 0.337 e. The first kappa shape index (κ1) is 19.1. The second-order valence-corrected chi connectivity index (χ2v) is 6.85. The first-order valence-electron chi connectivity index (χ1n) is 8.49. The minimum absolute atomic E-state index is 0.238. The van der Waals surface area contributed by atoms with Crippen molar-refractivity contribution >= 4 is 33.7 Å². The minimum atomic E-state index is -0.414. The summed E-state index contributed by atoms with van der Waals surface area (Å²) in [7, 11) is 1.33. The van der Waals surface area contributed by atoms with E-state index in [0.29, 0.717) is 52.9 Å². The van der Waals surface area contributed by atoms with Crippen LogP contribution in [0.2, 0.25) is 0 Å². The number of halogens is 1. The standard InChI is InChI=1S/C20H18BrNO5/c1-26-20(25)13-8-9-17(16(21)12-13)27-11-5-4-10-22-18(23)14-6-2-3-7-15(14)19(22)24/h2-3,6-9,12H,4-5,10-11H2,1H3. The highest BCUT2D eigenvalue weighted by Gasteiger charge is 2.34. The maximum atomic E-state index is 12.3. The molecule has 1 heterocycles. The van der Waals surface area contributed by atoms with Crippen LogP contribution >= 0.6 is 15.9 Å². The SMILES string of the molecule is COC(=O)c1ccc(OCCCCN2C(=O)c3ccccc3C2=O)c(Br)c1. The van der Waals surface area contributed by atoms with Gasteiger partial charge in [0.1, 0.15) is 5.75 Å². The molecule has 0 aromatic heterocycles. The Morgan fingerprint density at radius 1 is 1.04 bits per heavy atom. The van der Waals surface area contributed by atoms with Gasteiger partial charge in [-0.2, -0.15) is 0 Å². The van der Waals surface area contributed by atoms with Crippen molar-refractivity contribution in [2.24, 2.45) is 0 Å². The molecule has 0 saturated heterocycles. The summed E-state index contributed by atoms with van der Waals surface area (Å²) in [5.74, 6) is -0.276. The highest BCUT2D eigenvalue weighted by atomic mass is 79.9. The Bertz CT molecular complexity index is 861. The molecule has 1 aliphatic heterocycles. The van der Waals surface area contributed by atoms with Crippen LogP contribution < -0.4 is 4.74 Å². The molecule has 2 amide bonds. The van der Waals surface area contributed by atoms with Crippen LogP contribution in [0, 0.1) is 0 Å². The molecule has 0 atom stereocenters. The zero-order chi connectivity index (χ0) is 19.4. The third-order valence-electron chi connectivity index (χ3n) is 4.26. The summed E-state index contributed by atoms with van der Waals surface area (Å²) in [6.07, 6.45) is 1.32. The van der Waals surface area contributed by atoms with Crippen molar-refractivity contribution in [3.63, 3.8) is 0 Å². The number of unbranched alkanes of at least 4 members (excludes halogenated alkanes) is 1. The molecule has 0 spiro atoms. The number of ether oxygens (including phenoxy) is 2. The third kappa shape index (κ3) is 4.03. The Balaban J connectivity index is 1.47. The van der Waals surface area contributed by atoms with E-state index >= 15 is 0 Å². The molecule has 1 aliphatic rings. The fourth-order valence-electron chi connectivity index (χ4n) is 2.86. The molecular weight excluding hydrogens is 414 g/mol. The van der Waals surface area contributed by atoms with Crippen molar-refractivity contribution in [1.29, 1.82) is 0 Å². The van der Waals surface area contributed by atoms with Crippen LogP contribution in [0.3, 0.4) is 0 Å². The summed E-state index contributed by atoms with van der Waals surface area (Å²) in [6.45, 7) is 0.789. The van der Waals surface area contributed by atoms with Crippen LogP contribution in [0.4, 0.5) is 0 Å². The Labute approximate surface area is 165 Å². The highest BCUT2D eigenvalue weighted by Crippen LogP contribution is 2.27. The molecule has 140 valence electrons. The van der Waals surface area contributed by atoms with Gasteiger partial charge in [-0.3, -0.25) is 14.5 Å². The Hall–Kier alpha value is -2.67. The maximum Gasteiger partial charge on any atom is 0.337 e. The minimum Gasteiger partial charge on any atom is -0.492 e. The van der Waals surface area contributed by atoms with Crippen LogP contribution in [0.15, 0.2) is 46.9 Å². The molecular formula is C20H18BrNO5. The number of hydrogen-bond acceptors (Lipinski definition) is 5. The van der Waals surface area contributed by atoms with E-state index in [1.165, 1.54) is 12.0 Å². The fraction of sp³-hybridized carbons (Fsp3) is 0.250. The van der Waals surface area contributed by atoms with Crippen molar-refractivity contribution in [3.8, 4) is 5.75 Å². The number of rotatable bonds is 7. The zero-order valence-electron chi connectivity index (χ0n) is 14.7. The Kier molecular flexibility index (Phi) is 5.91. The molecule has 2 aromatic carbocycles. The van der Waals surface area contributed by atoms with E-state index in [-0.39, 0.29) is 11.8 Å². The van der Waals surface area contributed by atoms with E-state index in [9.17, 15) is 14.4 Å². The first-order valence-corrected chi connectivity index (χ1v) is 9.28. The van der Waals surface area contributed by atoms with E-state index in [4.69, 9.17) is 4.74 Å². The van der Waals surface area contributed by atoms with Gasteiger partial charge in [0.25, 0.3) is 11.8 Å². The van der Waals surface area contributed by atoms with E-state index < -0.39 is 5.97 Å². The molecule has 0 N–H and O–H groups in total. The molecule has 2 aromatic rings. The number of esters is 1. The van der Waals surface area contributed by atoms with Crippen molar-refractivity contribution in [1.82, 2.24) is 4.90 Å². The normalized spacial score (nSPS) is 12.9. The van der Waals surface area contributed by atoms with Gasteiger partial charge in [0.15, 0.2) is 0 Å². The largest absolute Gasteiger partial charge is 0.492 e. The zero-order valence-corrected chi connectivity index (χ0v) is 16.3. The van der Waals surface area contributed by atoms with Crippen molar-refractivity contribution in [3.05, 3.63) is 63.6 Å². The molecule has 0 saturated carbocycles. The lowest BCUT2D eigenvalue weighted by Gasteiger charge is -2.14. The van der Waals surface area contributed by atoms with Crippen molar-refractivity contribution in [2.45, 2.75) is 12.8 Å². The van der Waals surface area contributed by atoms with Crippen LogP contribution in [0.25, 0.3) is 0 Å². The summed E-state index contributed by atoms with van der Waals surface area (Å²) in [4.78, 5) is 37.3. The number of carbonyl (C=O) groups excluding carboxylic acids is 3. The molecule has 6 nitrogen and oxygen atoms in total. The lowest BCUT2D eigenvalue weighted by molar-refractivity contribution is 0.0597. The molecule has 27 heavy (non-hydrogen) atoms. The molecule has 0 radical (unpaired) electrons. The van der Waals surface area contributed by atoms with Gasteiger partial charge in [-0.15, -0.1) is 0 Å². The van der Waals surface area contributed by atoms with Crippen LogP contribution in [0.5, 0.6) is 5.75 Å². The number of carbonyl (C=O) groups is 3. The van der Waals surface area contributed by atoms with Gasteiger partial charge in [-0.05, 0) is 59.1 Å². The van der Waals surface area contributed by atoms with Crippen LogP contribution in [-0.4, -0.2) is 42.9 Å². The predicted octanol–water partition coefficient (Wildman–Crippen LogP) is 3.69. The van der Waals surface area contributed by atoms with Gasteiger partial charge in [-0.1, -0.05) is 12.1 Å². The van der Waals surface area contributed by atoms with E-state index in [1.807, 2.05) is 0 Å².